The van der Waals surface area contributed by atoms with E-state index in [0.717, 1.165) is 12.3 Å². The number of allylic oxidation sites excluding steroid dienone is 4. The zero-order chi connectivity index (χ0) is 8.10. The second kappa shape index (κ2) is 4.38. The van der Waals surface area contributed by atoms with E-state index in [-0.39, 0.29) is 0 Å². The van der Waals surface area contributed by atoms with Crippen LogP contribution in [0, 0.1) is 5.92 Å². The van der Waals surface area contributed by atoms with Crippen molar-refractivity contribution >= 4 is 0 Å². The van der Waals surface area contributed by atoms with Crippen LogP contribution in [0.5, 0.6) is 0 Å². The number of hydrogen-bond donors (Lipinski definition) is 0. The summed E-state index contributed by atoms with van der Waals surface area (Å²) < 4.78 is 0. The summed E-state index contributed by atoms with van der Waals surface area (Å²) >= 11 is 0. The zero-order valence-corrected chi connectivity index (χ0v) is 7.64. The monoisotopic (exact) mass is 150 g/mol. The second-order valence-electron chi connectivity index (χ2n) is 3.47. The molecule has 0 N–H and O–H groups in total. The Hall–Kier alpha value is -0.520. The third-order valence-corrected chi connectivity index (χ3v) is 2.47. The van der Waals surface area contributed by atoms with E-state index in [1.165, 1.54) is 19.3 Å². The van der Waals surface area contributed by atoms with E-state index in [4.69, 9.17) is 0 Å². The minimum absolute atomic E-state index is 0.893. The van der Waals surface area contributed by atoms with Gasteiger partial charge in [0.15, 0.2) is 0 Å². The number of hydrogen-bond acceptors (Lipinski definition) is 0. The molecule has 0 amide bonds. The first-order chi connectivity index (χ1) is 5.33. The Morgan fingerprint density at radius 2 is 2.36 bits per heavy atom. The quantitative estimate of drug-likeness (QED) is 0.573. The lowest BCUT2D eigenvalue weighted by Gasteiger charge is -2.06. The second-order valence-corrected chi connectivity index (χ2v) is 3.47. The minimum Gasteiger partial charge on any atom is -0.0805 e. The molecule has 0 bridgehead atoms. The SMILES string of the molecule is CCC(C)CCC1=CCC=C1. The molecule has 0 saturated carbocycles. The summed E-state index contributed by atoms with van der Waals surface area (Å²) in [4.78, 5) is 0. The van der Waals surface area contributed by atoms with Crippen molar-refractivity contribution in [3.05, 3.63) is 23.8 Å². The first-order valence-electron chi connectivity index (χ1n) is 4.68. The predicted octanol–water partition coefficient (Wildman–Crippen LogP) is 3.70. The van der Waals surface area contributed by atoms with E-state index in [2.05, 4.69) is 32.1 Å². The standard InChI is InChI=1S/C11H18/c1-3-10(2)8-9-11-6-4-5-7-11/h4,6-7,10H,3,5,8-9H2,1-2H3. The van der Waals surface area contributed by atoms with Crippen molar-refractivity contribution in [3.8, 4) is 0 Å². The summed E-state index contributed by atoms with van der Waals surface area (Å²) in [7, 11) is 0. The van der Waals surface area contributed by atoms with Crippen molar-refractivity contribution in [2.75, 3.05) is 0 Å². The zero-order valence-electron chi connectivity index (χ0n) is 7.64. The topological polar surface area (TPSA) is 0 Å². The maximum Gasteiger partial charge on any atom is -0.0160 e. The average molecular weight is 150 g/mol. The van der Waals surface area contributed by atoms with Gasteiger partial charge in [0.05, 0.1) is 0 Å². The molecule has 0 spiro atoms. The first-order valence-corrected chi connectivity index (χ1v) is 4.68. The molecule has 1 unspecified atom stereocenters. The van der Waals surface area contributed by atoms with Crippen molar-refractivity contribution in [3.63, 3.8) is 0 Å². The Labute approximate surface area is 70.0 Å². The molecular formula is C11H18. The molecule has 0 aromatic rings. The van der Waals surface area contributed by atoms with Gasteiger partial charge >= 0.3 is 0 Å². The largest absolute Gasteiger partial charge is 0.0805 e. The molecule has 0 nitrogen and oxygen atoms in total. The smallest absolute Gasteiger partial charge is 0.0160 e. The summed E-state index contributed by atoms with van der Waals surface area (Å²) in [6.07, 6.45) is 12.0. The van der Waals surface area contributed by atoms with Crippen molar-refractivity contribution in [2.45, 2.75) is 39.5 Å². The molecular weight excluding hydrogens is 132 g/mol. The molecule has 11 heavy (non-hydrogen) atoms. The summed E-state index contributed by atoms with van der Waals surface area (Å²) in [6.45, 7) is 4.60. The van der Waals surface area contributed by atoms with Crippen LogP contribution in [0.15, 0.2) is 23.8 Å². The predicted molar refractivity (Wildman–Crippen MR) is 50.5 cm³/mol. The van der Waals surface area contributed by atoms with E-state index in [1.807, 2.05) is 0 Å². The van der Waals surface area contributed by atoms with Crippen molar-refractivity contribution < 1.29 is 0 Å². The van der Waals surface area contributed by atoms with E-state index in [1.54, 1.807) is 5.57 Å². The van der Waals surface area contributed by atoms with Gasteiger partial charge in [0.2, 0.25) is 0 Å². The minimum atomic E-state index is 0.893. The van der Waals surface area contributed by atoms with Gasteiger partial charge in [-0.1, -0.05) is 44.1 Å². The normalized spacial score (nSPS) is 18.5. The molecule has 0 aromatic carbocycles. The summed E-state index contributed by atoms with van der Waals surface area (Å²) in [6, 6.07) is 0. The molecule has 0 heteroatoms. The Kier molecular flexibility index (Phi) is 3.41. The van der Waals surface area contributed by atoms with Crippen LogP contribution in [0.2, 0.25) is 0 Å². The van der Waals surface area contributed by atoms with Gasteiger partial charge in [0.25, 0.3) is 0 Å². The van der Waals surface area contributed by atoms with Crippen LogP contribution in [-0.2, 0) is 0 Å². The highest BCUT2D eigenvalue weighted by molar-refractivity contribution is 5.25. The van der Waals surface area contributed by atoms with Crippen LogP contribution >= 0.6 is 0 Å². The van der Waals surface area contributed by atoms with E-state index >= 15 is 0 Å². The van der Waals surface area contributed by atoms with Gasteiger partial charge in [-0.05, 0) is 25.2 Å². The molecule has 0 radical (unpaired) electrons. The van der Waals surface area contributed by atoms with Gasteiger partial charge in [-0.15, -0.1) is 0 Å². The Bertz CT molecular complexity index is 163. The van der Waals surface area contributed by atoms with Gasteiger partial charge in [-0.3, -0.25) is 0 Å². The van der Waals surface area contributed by atoms with Gasteiger partial charge in [-0.2, -0.15) is 0 Å². The molecule has 0 aromatic heterocycles. The fourth-order valence-corrected chi connectivity index (χ4v) is 1.31. The highest BCUT2D eigenvalue weighted by Crippen LogP contribution is 2.19. The van der Waals surface area contributed by atoms with Gasteiger partial charge in [0, 0.05) is 0 Å². The first kappa shape index (κ1) is 8.58. The third kappa shape index (κ3) is 2.92. The Morgan fingerprint density at radius 1 is 1.55 bits per heavy atom. The van der Waals surface area contributed by atoms with Crippen LogP contribution in [0.25, 0.3) is 0 Å². The lowest BCUT2D eigenvalue weighted by molar-refractivity contribution is 0.517. The maximum absolute atomic E-state index is 2.34. The molecule has 1 aliphatic rings. The Balaban J connectivity index is 2.16. The average Bonchev–Trinajstić information content (AvgIpc) is 2.52. The fourth-order valence-electron chi connectivity index (χ4n) is 1.31. The molecule has 1 atom stereocenters. The van der Waals surface area contributed by atoms with Crippen molar-refractivity contribution in [1.82, 2.24) is 0 Å². The lowest BCUT2D eigenvalue weighted by atomic mass is 10.00. The van der Waals surface area contributed by atoms with Crippen molar-refractivity contribution in [1.29, 1.82) is 0 Å². The fraction of sp³-hybridized carbons (Fsp3) is 0.636. The van der Waals surface area contributed by atoms with Crippen LogP contribution in [-0.4, -0.2) is 0 Å². The van der Waals surface area contributed by atoms with E-state index in [0.29, 0.717) is 0 Å². The van der Waals surface area contributed by atoms with E-state index < -0.39 is 0 Å². The molecule has 1 aliphatic carbocycles. The lowest BCUT2D eigenvalue weighted by Crippen LogP contribution is -1.91. The third-order valence-electron chi connectivity index (χ3n) is 2.47. The molecule has 1 rings (SSSR count). The van der Waals surface area contributed by atoms with Gasteiger partial charge in [0.1, 0.15) is 0 Å². The van der Waals surface area contributed by atoms with Crippen LogP contribution < -0.4 is 0 Å². The van der Waals surface area contributed by atoms with E-state index in [9.17, 15) is 0 Å². The maximum atomic E-state index is 2.34. The van der Waals surface area contributed by atoms with Crippen LogP contribution in [0.1, 0.15) is 39.5 Å². The molecule has 0 aliphatic heterocycles. The summed E-state index contributed by atoms with van der Waals surface area (Å²) in [5, 5.41) is 0. The Morgan fingerprint density at radius 3 is 2.91 bits per heavy atom. The van der Waals surface area contributed by atoms with Gasteiger partial charge < -0.3 is 0 Å². The van der Waals surface area contributed by atoms with Gasteiger partial charge in [-0.25, -0.2) is 0 Å². The number of rotatable bonds is 4. The molecule has 0 fully saturated rings. The molecule has 62 valence electrons. The van der Waals surface area contributed by atoms with Crippen molar-refractivity contribution in [2.24, 2.45) is 5.92 Å². The molecule has 0 heterocycles. The highest BCUT2D eigenvalue weighted by Gasteiger charge is 2.01. The van der Waals surface area contributed by atoms with Crippen LogP contribution in [0.3, 0.4) is 0 Å². The summed E-state index contributed by atoms with van der Waals surface area (Å²) in [5.74, 6) is 0.893. The van der Waals surface area contributed by atoms with Crippen LogP contribution in [0.4, 0.5) is 0 Å². The molecule has 0 saturated heterocycles. The summed E-state index contributed by atoms with van der Waals surface area (Å²) in [5.41, 5.74) is 1.55. The highest BCUT2D eigenvalue weighted by atomic mass is 14.1.